The van der Waals surface area contributed by atoms with Crippen molar-refractivity contribution in [1.82, 2.24) is 4.98 Å². The van der Waals surface area contributed by atoms with Crippen LogP contribution in [0.15, 0.2) is 267 Å². The van der Waals surface area contributed by atoms with E-state index in [1.807, 2.05) is 12.3 Å². The second-order valence-electron chi connectivity index (χ2n) is 15.6. The van der Waals surface area contributed by atoms with Crippen molar-refractivity contribution in [3.8, 4) is 11.5 Å². The predicted molar refractivity (Wildman–Crippen MR) is 298 cm³/mol. The molecule has 71 heavy (non-hydrogen) atoms. The van der Waals surface area contributed by atoms with E-state index in [1.54, 1.807) is 6.92 Å². The van der Waals surface area contributed by atoms with Crippen LogP contribution in [0.2, 0.25) is 0 Å². The maximum Gasteiger partial charge on any atom is 1.00 e. The van der Waals surface area contributed by atoms with Crippen LogP contribution in [0.25, 0.3) is 10.9 Å². The van der Waals surface area contributed by atoms with Crippen LogP contribution in [-0.2, 0) is 17.1 Å². The molecule has 0 fully saturated rings. The third kappa shape index (κ3) is 15.6. The van der Waals surface area contributed by atoms with Gasteiger partial charge in [0, 0.05) is 18.2 Å². The molecule has 10 rings (SSSR count). The van der Waals surface area contributed by atoms with E-state index in [0.29, 0.717) is 0 Å². The first kappa shape index (κ1) is 54.1. The first-order valence-corrected chi connectivity index (χ1v) is 27.4. The first-order valence-electron chi connectivity index (χ1n) is 22.9. The van der Waals surface area contributed by atoms with Crippen molar-refractivity contribution >= 4 is 89.7 Å². The van der Waals surface area contributed by atoms with Gasteiger partial charge in [-0.25, -0.2) is 0 Å². The fourth-order valence-electron chi connectivity index (χ4n) is 8.01. The number of rotatable bonds is 11. The zero-order chi connectivity index (χ0) is 49.0. The Morgan fingerprint density at radius 1 is 0.380 bits per heavy atom. The Morgan fingerprint density at radius 3 is 0.958 bits per heavy atom. The molecule has 0 aliphatic rings. The number of aliphatic hydroxyl groups excluding tert-OH is 1. The summed E-state index contributed by atoms with van der Waals surface area (Å²) < 4.78 is 45.9. The fraction of sp³-hybridized carbons (Fsp3) is 0.0339. The molecule has 0 aliphatic carbocycles. The molecule has 0 saturated heterocycles. The molecule has 0 saturated carbocycles. The second kappa shape index (κ2) is 28.0. The summed E-state index contributed by atoms with van der Waals surface area (Å²) in [5, 5.41) is 20.8. The Bertz CT molecular complexity index is 2840. The van der Waals surface area contributed by atoms with Gasteiger partial charge in [-0.15, -0.1) is 0 Å². The number of hydrogen-bond acceptors (Lipinski definition) is 3. The largest absolute Gasteiger partial charge is 1.00 e. The summed E-state index contributed by atoms with van der Waals surface area (Å²) in [5.74, 6) is 1.85. The summed E-state index contributed by atoms with van der Waals surface area (Å²) in [5.41, 5.74) is 1.12. The van der Waals surface area contributed by atoms with Crippen molar-refractivity contribution in [3.63, 3.8) is 0 Å². The van der Waals surface area contributed by atoms with Gasteiger partial charge in [-0.1, -0.05) is 152 Å². The standard InChI is InChI=1S/C36H28OP2.C21H16NP.C2H6O.BF4.Cu/c1-5-17-29(18-6-1)38(30-19-7-2-8-20-30)35-27-15-13-25-33(35)37-34-26-14-16-28-36(34)39(31-21-9-3-10-22-31)32-23-11-4-12-24-32;1-3-11-18(12-4-1)23(19-13-5-2-6-14-19)20-15-7-9-17-10-8-16-22-21(17)20;1-2-3;2-1(3,4)5;/h1-28H;1-16H;3H,2H2,1H3;;/q;;;-1;+1/p+3. The SMILES string of the molecule is CCO.F[B-](F)(F)F.[Cu+].c1ccc([PH+](c2ccccc2)c2cccc3cccnc23)cc1.c1ccc([PH+](c2ccccc2)c2ccccc2Oc2ccccc2[PH+](c2ccccc2)c2ccccc2)cc1. The van der Waals surface area contributed by atoms with Crippen molar-refractivity contribution in [2.24, 2.45) is 0 Å². The third-order valence-electron chi connectivity index (χ3n) is 10.8. The quantitative estimate of drug-likeness (QED) is 0.0797. The number of pyridine rings is 1. The molecule has 360 valence electrons. The van der Waals surface area contributed by atoms with Crippen molar-refractivity contribution < 1.29 is 44.2 Å². The second-order valence-corrected chi connectivity index (χ2v) is 22.9. The molecule has 0 radical (unpaired) electrons. The molecule has 3 nitrogen and oxygen atoms in total. The number of fused-ring (bicyclic) bond motifs is 1. The van der Waals surface area contributed by atoms with Crippen LogP contribution in [0.3, 0.4) is 0 Å². The van der Waals surface area contributed by atoms with Gasteiger partial charge >= 0.3 is 24.3 Å². The zero-order valence-electron chi connectivity index (χ0n) is 38.8. The monoisotopic (exact) mass is 1050 g/mol. The van der Waals surface area contributed by atoms with E-state index in [2.05, 4.69) is 260 Å². The Hall–Kier alpha value is -6.26. The number of ether oxygens (including phenoxy) is 1. The summed E-state index contributed by atoms with van der Waals surface area (Å²) in [6.07, 6.45) is 1.89. The van der Waals surface area contributed by atoms with Crippen molar-refractivity contribution in [3.05, 3.63) is 267 Å². The van der Waals surface area contributed by atoms with E-state index in [-0.39, 0.29) is 23.7 Å². The summed E-state index contributed by atoms with van der Waals surface area (Å²) in [4.78, 5) is 4.68. The normalized spacial score (nSPS) is 10.7. The maximum absolute atomic E-state index is 9.75. The maximum atomic E-state index is 9.75. The van der Waals surface area contributed by atoms with Crippen LogP contribution in [-0.4, -0.2) is 24.0 Å². The Morgan fingerprint density at radius 2 is 0.634 bits per heavy atom. The van der Waals surface area contributed by atoms with E-state index in [0.717, 1.165) is 17.0 Å². The minimum absolute atomic E-state index is 0. The van der Waals surface area contributed by atoms with E-state index < -0.39 is 31.0 Å². The van der Waals surface area contributed by atoms with Crippen LogP contribution < -0.4 is 52.5 Å². The molecule has 0 amide bonds. The van der Waals surface area contributed by atoms with Gasteiger partial charge in [0.05, 0.1) is 0 Å². The van der Waals surface area contributed by atoms with Crippen molar-refractivity contribution in [1.29, 1.82) is 0 Å². The number of nitrogens with zero attached hydrogens (tertiary/aromatic N) is 1. The first-order chi connectivity index (χ1) is 34.2. The molecule has 0 atom stereocenters. The van der Waals surface area contributed by atoms with Gasteiger partial charge in [0.1, 0.15) is 77.0 Å². The van der Waals surface area contributed by atoms with Gasteiger partial charge in [-0.3, -0.25) is 4.98 Å². The van der Waals surface area contributed by atoms with Crippen LogP contribution in [0.4, 0.5) is 17.3 Å². The molecule has 0 spiro atoms. The van der Waals surface area contributed by atoms with Crippen molar-refractivity contribution in [2.75, 3.05) is 6.61 Å². The van der Waals surface area contributed by atoms with Gasteiger partial charge in [0.2, 0.25) is 0 Å². The smallest absolute Gasteiger partial charge is 0.449 e. The number of halogens is 4. The average molecular weight is 1050 g/mol. The van der Waals surface area contributed by atoms with Crippen LogP contribution in [0.1, 0.15) is 6.92 Å². The number of para-hydroxylation sites is 3. The fourth-order valence-corrected chi connectivity index (χ4v) is 16.0. The van der Waals surface area contributed by atoms with Gasteiger partial charge in [0.25, 0.3) is 0 Å². The molecule has 1 heterocycles. The number of benzene rings is 9. The molecular formula is C59H53BCuF4NO2P3+3. The van der Waals surface area contributed by atoms with Gasteiger partial charge in [-0.2, -0.15) is 0 Å². The minimum Gasteiger partial charge on any atom is -0.449 e. The van der Waals surface area contributed by atoms with Crippen LogP contribution in [0, 0.1) is 0 Å². The van der Waals surface area contributed by atoms with E-state index in [4.69, 9.17) is 9.84 Å². The van der Waals surface area contributed by atoms with E-state index >= 15 is 0 Å². The minimum atomic E-state index is -6.00. The zero-order valence-corrected chi connectivity index (χ0v) is 42.7. The number of aromatic nitrogens is 1. The van der Waals surface area contributed by atoms with Crippen LogP contribution in [0.5, 0.6) is 11.5 Å². The molecule has 0 bridgehead atoms. The predicted octanol–water partition coefficient (Wildman–Crippen LogP) is 11.5. The summed E-state index contributed by atoms with van der Waals surface area (Å²) in [7, 11) is -9.62. The molecule has 1 N–H and O–H groups in total. The van der Waals surface area contributed by atoms with Gasteiger partial charge in [-0.05, 0) is 116 Å². The van der Waals surface area contributed by atoms with Gasteiger partial charge in [0.15, 0.2) is 11.5 Å². The topological polar surface area (TPSA) is 42.4 Å². The molecular weight excluding hydrogens is 998 g/mol. The number of hydrogen-bond donors (Lipinski definition) is 1. The molecule has 12 heteroatoms. The summed E-state index contributed by atoms with van der Waals surface area (Å²) in [6.45, 7) is 1.93. The molecule has 10 aromatic rings. The third-order valence-corrected chi connectivity index (χ3v) is 19.1. The Labute approximate surface area is 428 Å². The Kier molecular flexibility index (Phi) is 21.3. The number of aliphatic hydroxyl groups is 1. The average Bonchev–Trinajstić information content (AvgIpc) is 3.40. The molecule has 0 unspecified atom stereocenters. The van der Waals surface area contributed by atoms with Crippen LogP contribution >= 0.6 is 23.8 Å². The Balaban J connectivity index is 0.000000218. The summed E-state index contributed by atoms with van der Waals surface area (Å²) >= 11 is 0. The summed E-state index contributed by atoms with van der Waals surface area (Å²) in [6, 6.07) is 92.9. The molecule has 1 aromatic heterocycles. The molecule has 9 aromatic carbocycles. The van der Waals surface area contributed by atoms with E-state index in [9.17, 15) is 17.3 Å². The van der Waals surface area contributed by atoms with Crippen molar-refractivity contribution in [2.45, 2.75) is 6.92 Å². The van der Waals surface area contributed by atoms with E-state index in [1.165, 1.54) is 53.1 Å². The van der Waals surface area contributed by atoms with Gasteiger partial charge < -0.3 is 27.1 Å². The molecule has 0 aliphatic heterocycles.